The monoisotopic (exact) mass is 196 g/mol. The average Bonchev–Trinajstić information content (AvgIpc) is 2.17. The first-order chi connectivity index (χ1) is 6.69. The van der Waals surface area contributed by atoms with E-state index in [9.17, 15) is 0 Å². The molecule has 0 spiro atoms. The third-order valence-corrected chi connectivity index (χ3v) is 3.07. The van der Waals surface area contributed by atoms with Crippen LogP contribution < -0.4 is 0 Å². The van der Waals surface area contributed by atoms with Gasteiger partial charge in [0, 0.05) is 31.7 Å². The fourth-order valence-corrected chi connectivity index (χ4v) is 2.21. The van der Waals surface area contributed by atoms with Crippen LogP contribution in [0.2, 0.25) is 0 Å². The highest BCUT2D eigenvalue weighted by Crippen LogP contribution is 2.14. The number of nitrogens with zero attached hydrogens (tertiary/aromatic N) is 2. The van der Waals surface area contributed by atoms with Gasteiger partial charge in [-0.2, -0.15) is 0 Å². The molecule has 0 amide bonds. The molecule has 0 aromatic carbocycles. The van der Waals surface area contributed by atoms with Crippen molar-refractivity contribution < 1.29 is 0 Å². The highest BCUT2D eigenvalue weighted by Gasteiger charge is 2.25. The summed E-state index contributed by atoms with van der Waals surface area (Å²) in [6, 6.07) is 1.28. The minimum absolute atomic E-state index is 0.619. The average molecular weight is 196 g/mol. The maximum absolute atomic E-state index is 2.59. The number of hydrogen-bond acceptors (Lipinski definition) is 2. The third-order valence-electron chi connectivity index (χ3n) is 3.07. The molecule has 0 aromatic heterocycles. The quantitative estimate of drug-likeness (QED) is 0.637. The molecule has 82 valence electrons. The van der Waals surface area contributed by atoms with Crippen molar-refractivity contribution in [1.82, 2.24) is 9.80 Å². The number of rotatable bonds is 3. The second kappa shape index (κ2) is 5.52. The van der Waals surface area contributed by atoms with E-state index in [2.05, 4.69) is 49.6 Å². The van der Waals surface area contributed by atoms with Crippen LogP contribution in [0.4, 0.5) is 0 Å². The van der Waals surface area contributed by atoms with Crippen LogP contribution in [0, 0.1) is 0 Å². The summed E-state index contributed by atoms with van der Waals surface area (Å²) in [6.45, 7) is 13.7. The lowest BCUT2D eigenvalue weighted by molar-refractivity contribution is 0.0768. The van der Waals surface area contributed by atoms with Gasteiger partial charge in [-0.1, -0.05) is 19.1 Å². The summed E-state index contributed by atoms with van der Waals surface area (Å²) in [4.78, 5) is 5.12. The molecular weight excluding hydrogens is 172 g/mol. The zero-order valence-electron chi connectivity index (χ0n) is 10.0. The van der Waals surface area contributed by atoms with Crippen LogP contribution in [0.5, 0.6) is 0 Å². The van der Waals surface area contributed by atoms with Crippen molar-refractivity contribution in [1.29, 1.82) is 0 Å². The predicted molar refractivity (Wildman–Crippen MR) is 62.6 cm³/mol. The van der Waals surface area contributed by atoms with Gasteiger partial charge in [-0.3, -0.25) is 4.90 Å². The minimum Gasteiger partial charge on any atom is -0.300 e. The zero-order chi connectivity index (χ0) is 10.6. The summed E-state index contributed by atoms with van der Waals surface area (Å²) in [5.41, 5.74) is 0. The Bertz CT molecular complexity index is 187. The highest BCUT2D eigenvalue weighted by atomic mass is 15.3. The maximum atomic E-state index is 2.59. The van der Waals surface area contributed by atoms with Crippen LogP contribution in [-0.4, -0.2) is 48.1 Å². The second-order valence-corrected chi connectivity index (χ2v) is 4.32. The van der Waals surface area contributed by atoms with Gasteiger partial charge in [0.15, 0.2) is 0 Å². The standard InChI is InChI=1S/C12H24N2/c1-5-7-12-10-13(6-2)8-9-14(12)11(3)4/h5,7,11-12H,6,8-10H2,1-4H3/b7-5+. The topological polar surface area (TPSA) is 6.48 Å². The lowest BCUT2D eigenvalue weighted by atomic mass is 10.1. The molecule has 1 rings (SSSR count). The third kappa shape index (κ3) is 2.82. The molecule has 2 heteroatoms. The molecule has 1 heterocycles. The summed E-state index contributed by atoms with van der Waals surface area (Å²) in [5, 5.41) is 0. The molecule has 1 saturated heterocycles. The maximum Gasteiger partial charge on any atom is 0.0408 e. The van der Waals surface area contributed by atoms with Crippen molar-refractivity contribution in [3.05, 3.63) is 12.2 Å². The summed E-state index contributed by atoms with van der Waals surface area (Å²) in [7, 11) is 0. The summed E-state index contributed by atoms with van der Waals surface area (Å²) < 4.78 is 0. The smallest absolute Gasteiger partial charge is 0.0408 e. The van der Waals surface area contributed by atoms with Crippen molar-refractivity contribution in [2.45, 2.75) is 39.8 Å². The predicted octanol–water partition coefficient (Wildman–Crippen LogP) is 1.98. The van der Waals surface area contributed by atoms with Gasteiger partial charge in [-0.15, -0.1) is 0 Å². The largest absolute Gasteiger partial charge is 0.300 e. The van der Waals surface area contributed by atoms with Gasteiger partial charge >= 0.3 is 0 Å². The molecule has 2 nitrogen and oxygen atoms in total. The van der Waals surface area contributed by atoms with E-state index in [1.54, 1.807) is 0 Å². The van der Waals surface area contributed by atoms with E-state index in [4.69, 9.17) is 0 Å². The van der Waals surface area contributed by atoms with Crippen molar-refractivity contribution in [2.75, 3.05) is 26.2 Å². The second-order valence-electron chi connectivity index (χ2n) is 4.32. The van der Waals surface area contributed by atoms with Crippen LogP contribution in [-0.2, 0) is 0 Å². The van der Waals surface area contributed by atoms with Gasteiger partial charge < -0.3 is 4.90 Å². The molecule has 0 aliphatic carbocycles. The molecule has 0 bridgehead atoms. The molecule has 0 radical (unpaired) electrons. The lowest BCUT2D eigenvalue weighted by Gasteiger charge is -2.42. The van der Waals surface area contributed by atoms with Gasteiger partial charge in [0.2, 0.25) is 0 Å². The normalized spacial score (nSPS) is 26.5. The van der Waals surface area contributed by atoms with Gasteiger partial charge in [-0.05, 0) is 27.3 Å². The molecule has 1 aliphatic rings. The molecule has 14 heavy (non-hydrogen) atoms. The number of hydrogen-bond donors (Lipinski definition) is 0. The van der Waals surface area contributed by atoms with Crippen molar-refractivity contribution >= 4 is 0 Å². The van der Waals surface area contributed by atoms with E-state index in [-0.39, 0.29) is 0 Å². The fourth-order valence-electron chi connectivity index (χ4n) is 2.21. The number of piperazine rings is 1. The van der Waals surface area contributed by atoms with Gasteiger partial charge in [0.1, 0.15) is 0 Å². The van der Waals surface area contributed by atoms with Gasteiger partial charge in [0.25, 0.3) is 0 Å². The van der Waals surface area contributed by atoms with Crippen LogP contribution >= 0.6 is 0 Å². The van der Waals surface area contributed by atoms with E-state index in [0.29, 0.717) is 12.1 Å². The zero-order valence-corrected chi connectivity index (χ0v) is 10.0. The van der Waals surface area contributed by atoms with E-state index in [1.165, 1.54) is 26.2 Å². The fraction of sp³-hybridized carbons (Fsp3) is 0.833. The van der Waals surface area contributed by atoms with Crippen LogP contribution in [0.1, 0.15) is 27.7 Å². The van der Waals surface area contributed by atoms with Crippen LogP contribution in [0.25, 0.3) is 0 Å². The first-order valence-corrected chi connectivity index (χ1v) is 5.80. The highest BCUT2D eigenvalue weighted by molar-refractivity contribution is 4.98. The summed E-state index contributed by atoms with van der Waals surface area (Å²) >= 11 is 0. The van der Waals surface area contributed by atoms with E-state index in [1.807, 2.05) is 0 Å². The Morgan fingerprint density at radius 1 is 1.36 bits per heavy atom. The Balaban J connectivity index is 2.60. The van der Waals surface area contributed by atoms with Crippen molar-refractivity contribution in [3.8, 4) is 0 Å². The first-order valence-electron chi connectivity index (χ1n) is 5.80. The van der Waals surface area contributed by atoms with Crippen LogP contribution in [0.3, 0.4) is 0 Å². The molecular formula is C12H24N2. The summed E-state index contributed by atoms with van der Waals surface area (Å²) in [5.74, 6) is 0. The molecule has 0 N–H and O–H groups in total. The Morgan fingerprint density at radius 3 is 2.57 bits per heavy atom. The molecule has 1 unspecified atom stereocenters. The van der Waals surface area contributed by atoms with E-state index in [0.717, 1.165) is 0 Å². The van der Waals surface area contributed by atoms with E-state index >= 15 is 0 Å². The molecule has 1 aliphatic heterocycles. The molecule has 1 fully saturated rings. The van der Waals surface area contributed by atoms with Gasteiger partial charge in [0.05, 0.1) is 0 Å². The minimum atomic E-state index is 0.619. The van der Waals surface area contributed by atoms with Gasteiger partial charge in [-0.25, -0.2) is 0 Å². The molecule has 0 saturated carbocycles. The lowest BCUT2D eigenvalue weighted by Crippen LogP contribution is -2.54. The molecule has 0 aromatic rings. The Morgan fingerprint density at radius 2 is 2.07 bits per heavy atom. The van der Waals surface area contributed by atoms with Crippen LogP contribution in [0.15, 0.2) is 12.2 Å². The Kier molecular flexibility index (Phi) is 4.63. The Hall–Kier alpha value is -0.340. The first kappa shape index (κ1) is 11.7. The number of likely N-dealkylation sites (N-methyl/N-ethyl adjacent to an activating group) is 1. The van der Waals surface area contributed by atoms with Crippen molar-refractivity contribution in [2.24, 2.45) is 0 Å². The van der Waals surface area contributed by atoms with Crippen molar-refractivity contribution in [3.63, 3.8) is 0 Å². The molecule has 1 atom stereocenters. The Labute approximate surface area is 88.6 Å². The van der Waals surface area contributed by atoms with E-state index < -0.39 is 0 Å². The summed E-state index contributed by atoms with van der Waals surface area (Å²) in [6.07, 6.45) is 4.51. The SMILES string of the molecule is C/C=C/C1CN(CC)CCN1C(C)C. The number of allylic oxidation sites excluding steroid dienone is 1.